The van der Waals surface area contributed by atoms with E-state index in [1.165, 1.54) is 16.7 Å². The Morgan fingerprint density at radius 2 is 1.84 bits per heavy atom. The minimum Gasteiger partial charge on any atom is -0.339 e. The van der Waals surface area contributed by atoms with E-state index in [2.05, 4.69) is 4.90 Å². The van der Waals surface area contributed by atoms with Crippen LogP contribution in [-0.4, -0.2) is 57.9 Å². The van der Waals surface area contributed by atoms with Gasteiger partial charge in [0.05, 0.1) is 11.0 Å². The Morgan fingerprint density at radius 1 is 1.08 bits per heavy atom. The van der Waals surface area contributed by atoms with Gasteiger partial charge >= 0.3 is 0 Å². The van der Waals surface area contributed by atoms with Gasteiger partial charge < -0.3 is 14.2 Å². The molecule has 3 aromatic rings. The number of fused-ring (bicyclic) bond motifs is 3. The summed E-state index contributed by atoms with van der Waals surface area (Å²) in [6, 6.07) is 7.79. The van der Waals surface area contributed by atoms with Crippen molar-refractivity contribution in [2.75, 3.05) is 33.2 Å². The molecule has 0 saturated carbocycles. The quantitative estimate of drug-likeness (QED) is 0.702. The maximum atomic E-state index is 13.8. The lowest BCUT2D eigenvalue weighted by atomic mass is 10.2. The molecule has 25 heavy (non-hydrogen) atoms. The second kappa shape index (κ2) is 6.00. The molecule has 0 aliphatic carbocycles. The lowest BCUT2D eigenvalue weighted by Gasteiger charge is -2.32. The van der Waals surface area contributed by atoms with Crippen molar-refractivity contribution < 1.29 is 9.18 Å². The minimum absolute atomic E-state index is 0.0792. The van der Waals surface area contributed by atoms with Gasteiger partial charge in [0, 0.05) is 32.4 Å². The van der Waals surface area contributed by atoms with Crippen molar-refractivity contribution in [1.82, 2.24) is 18.8 Å². The van der Waals surface area contributed by atoms with Crippen molar-refractivity contribution in [2.24, 2.45) is 0 Å². The summed E-state index contributed by atoms with van der Waals surface area (Å²) < 4.78 is 16.9. The minimum atomic E-state index is -0.431. The summed E-state index contributed by atoms with van der Waals surface area (Å²) in [5, 5.41) is 0. The molecule has 6 nitrogen and oxygen atoms in total. The predicted octanol–water partition coefficient (Wildman–Crippen LogP) is 1.17. The number of rotatable bonds is 2. The molecule has 0 spiro atoms. The molecule has 0 radical (unpaired) electrons. The number of halogens is 1. The molecule has 1 saturated heterocycles. The first kappa shape index (κ1) is 15.8. The van der Waals surface area contributed by atoms with Crippen LogP contribution in [0.2, 0.25) is 0 Å². The Kier molecular flexibility index (Phi) is 3.80. The Hall–Kier alpha value is -2.67. The summed E-state index contributed by atoms with van der Waals surface area (Å²) in [7, 11) is 2.02. The molecule has 4 rings (SSSR count). The van der Waals surface area contributed by atoms with E-state index < -0.39 is 5.82 Å². The standard InChI is InChI=1S/C18H19FN4O2/c1-20-7-9-21(10-8-20)17(24)12-23-16-11-13(19)4-5-14(16)22-6-2-3-15(22)18(23)25/h2-6,11H,7-10,12H2,1H3. The molecule has 1 amide bonds. The van der Waals surface area contributed by atoms with E-state index in [-0.39, 0.29) is 18.0 Å². The summed E-state index contributed by atoms with van der Waals surface area (Å²) in [6.45, 7) is 2.83. The number of benzene rings is 1. The third kappa shape index (κ3) is 2.70. The first-order valence-electron chi connectivity index (χ1n) is 8.30. The van der Waals surface area contributed by atoms with Crippen molar-refractivity contribution >= 4 is 22.5 Å². The number of amides is 1. The molecule has 0 N–H and O–H groups in total. The van der Waals surface area contributed by atoms with Crippen molar-refractivity contribution in [3.05, 3.63) is 52.7 Å². The first-order chi connectivity index (χ1) is 12.0. The van der Waals surface area contributed by atoms with Crippen molar-refractivity contribution in [3.63, 3.8) is 0 Å². The SMILES string of the molecule is CN1CCN(C(=O)Cn2c(=O)c3cccn3c3ccc(F)cc32)CC1. The van der Waals surface area contributed by atoms with Crippen LogP contribution in [0.1, 0.15) is 0 Å². The van der Waals surface area contributed by atoms with Crippen molar-refractivity contribution in [1.29, 1.82) is 0 Å². The molecular weight excluding hydrogens is 323 g/mol. The van der Waals surface area contributed by atoms with E-state index in [4.69, 9.17) is 0 Å². The molecule has 1 aliphatic heterocycles. The van der Waals surface area contributed by atoms with E-state index in [0.29, 0.717) is 29.6 Å². The number of hydrogen-bond donors (Lipinski definition) is 0. The van der Waals surface area contributed by atoms with E-state index in [1.807, 2.05) is 7.05 Å². The van der Waals surface area contributed by atoms with Crippen LogP contribution in [0, 0.1) is 5.82 Å². The maximum absolute atomic E-state index is 13.8. The van der Waals surface area contributed by atoms with Crippen LogP contribution < -0.4 is 5.56 Å². The Labute approximate surface area is 143 Å². The number of carbonyl (C=O) groups is 1. The second-order valence-electron chi connectivity index (χ2n) is 6.47. The zero-order valence-electron chi connectivity index (χ0n) is 14.0. The van der Waals surface area contributed by atoms with Gasteiger partial charge in [-0.25, -0.2) is 4.39 Å². The summed E-state index contributed by atoms with van der Waals surface area (Å²) in [5.74, 6) is -0.545. The monoisotopic (exact) mass is 342 g/mol. The van der Waals surface area contributed by atoms with Crippen LogP contribution in [-0.2, 0) is 11.3 Å². The highest BCUT2D eigenvalue weighted by Crippen LogP contribution is 2.17. The van der Waals surface area contributed by atoms with Crippen LogP contribution in [0.25, 0.3) is 16.6 Å². The summed E-state index contributed by atoms with van der Waals surface area (Å²) in [5.41, 5.74) is 1.32. The first-order valence-corrected chi connectivity index (χ1v) is 8.30. The molecule has 0 atom stereocenters. The van der Waals surface area contributed by atoms with Gasteiger partial charge in [-0.3, -0.25) is 14.2 Å². The number of aromatic nitrogens is 2. The van der Waals surface area contributed by atoms with Crippen LogP contribution in [0.4, 0.5) is 4.39 Å². The third-order valence-corrected chi connectivity index (χ3v) is 4.85. The topological polar surface area (TPSA) is 50.0 Å². The molecular formula is C18H19FN4O2. The van der Waals surface area contributed by atoms with Crippen LogP contribution in [0.3, 0.4) is 0 Å². The summed E-state index contributed by atoms with van der Waals surface area (Å²) in [6.07, 6.45) is 1.77. The maximum Gasteiger partial charge on any atom is 0.275 e. The van der Waals surface area contributed by atoms with Gasteiger partial charge in [-0.1, -0.05) is 0 Å². The Morgan fingerprint density at radius 3 is 2.60 bits per heavy atom. The molecule has 7 heteroatoms. The van der Waals surface area contributed by atoms with Crippen LogP contribution in [0.15, 0.2) is 41.3 Å². The average Bonchev–Trinajstić information content (AvgIpc) is 3.09. The molecule has 0 bridgehead atoms. The summed E-state index contributed by atoms with van der Waals surface area (Å²) in [4.78, 5) is 29.4. The molecule has 0 unspecified atom stereocenters. The molecule has 1 fully saturated rings. The number of nitrogens with zero attached hydrogens (tertiary/aromatic N) is 4. The van der Waals surface area contributed by atoms with E-state index in [0.717, 1.165) is 13.1 Å². The van der Waals surface area contributed by atoms with E-state index in [1.54, 1.807) is 33.7 Å². The predicted molar refractivity (Wildman–Crippen MR) is 93.2 cm³/mol. The van der Waals surface area contributed by atoms with Gasteiger partial charge in [0.1, 0.15) is 17.9 Å². The number of hydrogen-bond acceptors (Lipinski definition) is 3. The van der Waals surface area contributed by atoms with Crippen LogP contribution >= 0.6 is 0 Å². The fraction of sp³-hybridized carbons (Fsp3) is 0.333. The second-order valence-corrected chi connectivity index (χ2v) is 6.47. The fourth-order valence-corrected chi connectivity index (χ4v) is 3.38. The normalized spacial score (nSPS) is 16.0. The molecule has 1 aromatic carbocycles. The van der Waals surface area contributed by atoms with Gasteiger partial charge in [-0.2, -0.15) is 0 Å². The van der Waals surface area contributed by atoms with Gasteiger partial charge in [-0.15, -0.1) is 0 Å². The number of carbonyl (C=O) groups excluding carboxylic acids is 1. The number of piperazine rings is 1. The Bertz CT molecular complexity index is 1020. The van der Waals surface area contributed by atoms with Crippen LogP contribution in [0.5, 0.6) is 0 Å². The zero-order chi connectivity index (χ0) is 17.6. The van der Waals surface area contributed by atoms with Gasteiger partial charge in [-0.05, 0) is 37.4 Å². The van der Waals surface area contributed by atoms with E-state index in [9.17, 15) is 14.0 Å². The van der Waals surface area contributed by atoms with Gasteiger partial charge in [0.2, 0.25) is 5.91 Å². The Balaban J connectivity index is 1.79. The third-order valence-electron chi connectivity index (χ3n) is 4.85. The highest BCUT2D eigenvalue weighted by molar-refractivity contribution is 5.82. The van der Waals surface area contributed by atoms with Gasteiger partial charge in [0.25, 0.3) is 5.56 Å². The van der Waals surface area contributed by atoms with Crippen molar-refractivity contribution in [3.8, 4) is 0 Å². The smallest absolute Gasteiger partial charge is 0.275 e. The summed E-state index contributed by atoms with van der Waals surface area (Å²) >= 11 is 0. The lowest BCUT2D eigenvalue weighted by Crippen LogP contribution is -2.48. The molecule has 2 aromatic heterocycles. The van der Waals surface area contributed by atoms with Crippen molar-refractivity contribution in [2.45, 2.75) is 6.54 Å². The molecule has 1 aliphatic rings. The average molecular weight is 342 g/mol. The molecule has 130 valence electrons. The largest absolute Gasteiger partial charge is 0.339 e. The number of likely N-dealkylation sites (N-methyl/N-ethyl adjacent to an activating group) is 1. The lowest BCUT2D eigenvalue weighted by molar-refractivity contribution is -0.133. The fourth-order valence-electron chi connectivity index (χ4n) is 3.38. The zero-order valence-corrected chi connectivity index (χ0v) is 14.0. The van der Waals surface area contributed by atoms with E-state index >= 15 is 0 Å². The van der Waals surface area contributed by atoms with Gasteiger partial charge in [0.15, 0.2) is 0 Å². The highest BCUT2D eigenvalue weighted by Gasteiger charge is 2.21. The highest BCUT2D eigenvalue weighted by atomic mass is 19.1. The molecule has 3 heterocycles.